The van der Waals surface area contributed by atoms with Gasteiger partial charge in [-0.2, -0.15) is 0 Å². The summed E-state index contributed by atoms with van der Waals surface area (Å²) in [4.78, 5) is 0. The summed E-state index contributed by atoms with van der Waals surface area (Å²) in [5.74, 6) is 1.15. The Labute approximate surface area is 171 Å². The van der Waals surface area contributed by atoms with Crippen LogP contribution in [0.3, 0.4) is 0 Å². The van der Waals surface area contributed by atoms with E-state index in [4.69, 9.17) is 16.3 Å². The Morgan fingerprint density at radius 1 is 0.929 bits per heavy atom. The molecule has 0 aliphatic rings. The first-order valence-corrected chi connectivity index (χ1v) is 9.89. The molecule has 0 radical (unpaired) electrons. The van der Waals surface area contributed by atoms with Crippen molar-refractivity contribution in [3.05, 3.63) is 94.5 Å². The van der Waals surface area contributed by atoms with Gasteiger partial charge >= 0.3 is 0 Å². The van der Waals surface area contributed by atoms with E-state index in [-0.39, 0.29) is 0 Å². The fourth-order valence-corrected chi connectivity index (χ4v) is 3.16. The number of nitrogens with one attached hydrogen (secondary N) is 1. The van der Waals surface area contributed by atoms with Crippen molar-refractivity contribution in [3.63, 3.8) is 0 Å². The molecule has 3 nitrogen and oxygen atoms in total. The molecule has 3 aromatic rings. The van der Waals surface area contributed by atoms with E-state index in [2.05, 4.69) is 19.2 Å². The van der Waals surface area contributed by atoms with Crippen molar-refractivity contribution in [1.82, 2.24) is 0 Å². The summed E-state index contributed by atoms with van der Waals surface area (Å²) in [5.41, 5.74) is 3.41. The lowest BCUT2D eigenvalue weighted by atomic mass is 9.98. The molecule has 146 valence electrons. The number of hydrogen-bond acceptors (Lipinski definition) is 3. The largest absolute Gasteiger partial charge is 0.489 e. The van der Waals surface area contributed by atoms with Crippen molar-refractivity contribution in [3.8, 4) is 5.75 Å². The number of ether oxygens (including phenoxy) is 1. The van der Waals surface area contributed by atoms with Gasteiger partial charge in [0.25, 0.3) is 0 Å². The Bertz CT molecular complexity index is 896. The van der Waals surface area contributed by atoms with Crippen LogP contribution >= 0.6 is 11.6 Å². The first kappa shape index (κ1) is 20.2. The van der Waals surface area contributed by atoms with Crippen LogP contribution in [0.1, 0.15) is 36.6 Å². The molecule has 1 atom stereocenters. The SMILES string of the molecule is CC(C)CNc1ccc(Cl)cc1C(O)c1ccccc1OCc1ccccc1. The summed E-state index contributed by atoms with van der Waals surface area (Å²) >= 11 is 6.22. The third-order valence-corrected chi connectivity index (χ3v) is 4.69. The van der Waals surface area contributed by atoms with Gasteiger partial charge in [0.2, 0.25) is 0 Å². The van der Waals surface area contributed by atoms with Gasteiger partial charge in [-0.1, -0.05) is 74.0 Å². The van der Waals surface area contributed by atoms with Crippen LogP contribution in [-0.2, 0) is 6.61 Å². The number of aliphatic hydroxyl groups excluding tert-OH is 1. The standard InChI is InChI=1S/C24H26ClNO2/c1-17(2)15-26-22-13-12-19(25)14-21(22)24(27)20-10-6-7-11-23(20)28-16-18-8-4-3-5-9-18/h3-14,17,24,26-27H,15-16H2,1-2H3. The van der Waals surface area contributed by atoms with E-state index in [9.17, 15) is 5.11 Å². The number of rotatable bonds is 8. The smallest absolute Gasteiger partial charge is 0.125 e. The molecule has 4 heteroatoms. The minimum absolute atomic E-state index is 0.443. The van der Waals surface area contributed by atoms with Gasteiger partial charge in [0.15, 0.2) is 0 Å². The Morgan fingerprint density at radius 3 is 2.39 bits per heavy atom. The van der Waals surface area contributed by atoms with E-state index >= 15 is 0 Å². The summed E-state index contributed by atoms with van der Waals surface area (Å²) in [7, 11) is 0. The van der Waals surface area contributed by atoms with Crippen molar-refractivity contribution in [2.75, 3.05) is 11.9 Å². The van der Waals surface area contributed by atoms with Crippen molar-refractivity contribution in [1.29, 1.82) is 0 Å². The predicted molar refractivity (Wildman–Crippen MR) is 116 cm³/mol. The second kappa shape index (κ2) is 9.63. The monoisotopic (exact) mass is 395 g/mol. The third-order valence-electron chi connectivity index (χ3n) is 4.46. The van der Waals surface area contributed by atoms with Crippen LogP contribution in [0, 0.1) is 5.92 Å². The third kappa shape index (κ3) is 5.28. The summed E-state index contributed by atoms with van der Waals surface area (Å²) in [6.07, 6.45) is -0.847. The Kier molecular flexibility index (Phi) is 6.96. The number of hydrogen-bond donors (Lipinski definition) is 2. The number of aliphatic hydroxyl groups is 1. The van der Waals surface area contributed by atoms with Crippen LogP contribution in [0.2, 0.25) is 5.02 Å². The molecule has 0 saturated carbocycles. The Morgan fingerprint density at radius 2 is 1.64 bits per heavy atom. The maximum atomic E-state index is 11.2. The fraction of sp³-hybridized carbons (Fsp3) is 0.250. The predicted octanol–water partition coefficient (Wildman–Crippen LogP) is 6.07. The first-order valence-electron chi connectivity index (χ1n) is 9.51. The minimum atomic E-state index is -0.847. The first-order chi connectivity index (χ1) is 13.5. The van der Waals surface area contributed by atoms with E-state index in [1.54, 1.807) is 0 Å². The molecule has 2 N–H and O–H groups in total. The molecular weight excluding hydrogens is 370 g/mol. The van der Waals surface area contributed by atoms with Crippen molar-refractivity contribution in [2.45, 2.75) is 26.6 Å². The van der Waals surface area contributed by atoms with E-state index in [1.165, 1.54) is 0 Å². The lowest BCUT2D eigenvalue weighted by molar-refractivity contribution is 0.210. The van der Waals surface area contributed by atoms with Gasteiger partial charge in [-0.3, -0.25) is 0 Å². The molecule has 0 amide bonds. The molecule has 0 fully saturated rings. The van der Waals surface area contributed by atoms with E-state index < -0.39 is 6.10 Å². The van der Waals surface area contributed by atoms with Gasteiger partial charge in [0.1, 0.15) is 18.5 Å². The van der Waals surface area contributed by atoms with E-state index in [1.807, 2.05) is 72.8 Å². The van der Waals surface area contributed by atoms with Gasteiger partial charge in [-0.15, -0.1) is 0 Å². The zero-order valence-electron chi connectivity index (χ0n) is 16.2. The fourth-order valence-electron chi connectivity index (χ4n) is 2.98. The normalized spacial score (nSPS) is 12.0. The van der Waals surface area contributed by atoms with Gasteiger partial charge in [0, 0.05) is 28.4 Å². The Hall–Kier alpha value is -2.49. The molecule has 0 heterocycles. The van der Waals surface area contributed by atoms with E-state index in [0.29, 0.717) is 28.9 Å². The highest BCUT2D eigenvalue weighted by atomic mass is 35.5. The summed E-state index contributed by atoms with van der Waals surface area (Å²) in [6, 6.07) is 23.1. The maximum absolute atomic E-state index is 11.2. The molecule has 28 heavy (non-hydrogen) atoms. The summed E-state index contributed by atoms with van der Waals surface area (Å²) in [6.45, 7) is 5.55. The highest BCUT2D eigenvalue weighted by molar-refractivity contribution is 6.30. The number of halogens is 1. The average Bonchev–Trinajstić information content (AvgIpc) is 2.71. The van der Waals surface area contributed by atoms with Crippen LogP contribution in [-0.4, -0.2) is 11.7 Å². The quantitative estimate of drug-likeness (QED) is 0.486. The van der Waals surface area contributed by atoms with Crippen LogP contribution in [0.25, 0.3) is 0 Å². The highest BCUT2D eigenvalue weighted by Crippen LogP contribution is 2.35. The van der Waals surface area contributed by atoms with Gasteiger partial charge in [0.05, 0.1) is 0 Å². The Balaban J connectivity index is 1.86. The zero-order valence-corrected chi connectivity index (χ0v) is 17.0. The van der Waals surface area contributed by atoms with Gasteiger partial charge < -0.3 is 15.2 Å². The molecule has 3 aromatic carbocycles. The number of para-hydroxylation sites is 1. The molecule has 3 rings (SSSR count). The van der Waals surface area contributed by atoms with Crippen molar-refractivity contribution < 1.29 is 9.84 Å². The lowest BCUT2D eigenvalue weighted by Gasteiger charge is -2.21. The zero-order chi connectivity index (χ0) is 19.9. The molecule has 0 aliphatic heterocycles. The maximum Gasteiger partial charge on any atom is 0.125 e. The average molecular weight is 396 g/mol. The second-order valence-electron chi connectivity index (χ2n) is 7.22. The van der Waals surface area contributed by atoms with Gasteiger partial charge in [-0.05, 0) is 35.7 Å². The van der Waals surface area contributed by atoms with E-state index in [0.717, 1.165) is 23.4 Å². The molecular formula is C24H26ClNO2. The van der Waals surface area contributed by atoms with Crippen molar-refractivity contribution >= 4 is 17.3 Å². The summed E-state index contributed by atoms with van der Waals surface area (Å²) < 4.78 is 6.02. The number of benzene rings is 3. The highest BCUT2D eigenvalue weighted by Gasteiger charge is 2.19. The lowest BCUT2D eigenvalue weighted by Crippen LogP contribution is -2.12. The second-order valence-corrected chi connectivity index (χ2v) is 7.66. The van der Waals surface area contributed by atoms with Gasteiger partial charge in [-0.25, -0.2) is 0 Å². The topological polar surface area (TPSA) is 41.5 Å². The molecule has 0 aromatic heterocycles. The minimum Gasteiger partial charge on any atom is -0.489 e. The van der Waals surface area contributed by atoms with Crippen LogP contribution < -0.4 is 10.1 Å². The molecule has 1 unspecified atom stereocenters. The van der Waals surface area contributed by atoms with Crippen LogP contribution in [0.5, 0.6) is 5.75 Å². The van der Waals surface area contributed by atoms with Crippen molar-refractivity contribution in [2.24, 2.45) is 5.92 Å². The molecule has 0 saturated heterocycles. The molecule has 0 aliphatic carbocycles. The molecule has 0 spiro atoms. The summed E-state index contributed by atoms with van der Waals surface area (Å²) in [5, 5.41) is 15.2. The molecule has 0 bridgehead atoms. The number of anilines is 1. The van der Waals surface area contributed by atoms with Crippen LogP contribution in [0.15, 0.2) is 72.8 Å². The van der Waals surface area contributed by atoms with Crippen LogP contribution in [0.4, 0.5) is 5.69 Å².